The van der Waals surface area contributed by atoms with Gasteiger partial charge in [-0.1, -0.05) is 35.6 Å². The van der Waals surface area contributed by atoms with Crippen LogP contribution >= 0.6 is 11.3 Å². The highest BCUT2D eigenvalue weighted by molar-refractivity contribution is 7.22. The van der Waals surface area contributed by atoms with Crippen molar-refractivity contribution in [3.8, 4) is 0 Å². The Bertz CT molecular complexity index is 1210. The molecule has 2 aromatic heterocycles. The van der Waals surface area contributed by atoms with Gasteiger partial charge in [-0.15, -0.1) is 0 Å². The van der Waals surface area contributed by atoms with E-state index in [9.17, 15) is 9.59 Å². The van der Waals surface area contributed by atoms with Gasteiger partial charge in [0.05, 0.1) is 27.7 Å². The molecule has 0 spiro atoms. The van der Waals surface area contributed by atoms with Crippen LogP contribution in [0.15, 0.2) is 47.3 Å². The number of fused-ring (bicyclic) bond motifs is 2. The summed E-state index contributed by atoms with van der Waals surface area (Å²) in [6.45, 7) is 2.02. The zero-order valence-electron chi connectivity index (χ0n) is 14.3. The largest absolute Gasteiger partial charge is 0.302 e. The molecule has 0 atom stereocenters. The molecule has 6 nitrogen and oxygen atoms in total. The van der Waals surface area contributed by atoms with Gasteiger partial charge in [0.1, 0.15) is 0 Å². The predicted octanol–water partition coefficient (Wildman–Crippen LogP) is 3.03. The van der Waals surface area contributed by atoms with Crippen LogP contribution < -0.4 is 10.9 Å². The number of hydrogen-bond acceptors (Lipinski definition) is 5. The lowest BCUT2D eigenvalue weighted by atomic mass is 10.1. The number of benzene rings is 2. The maximum Gasteiger partial charge on any atom is 0.274 e. The molecule has 0 radical (unpaired) electrons. The molecule has 0 saturated heterocycles. The summed E-state index contributed by atoms with van der Waals surface area (Å²) in [6.07, 6.45) is 0.0730. The summed E-state index contributed by atoms with van der Waals surface area (Å²) in [6, 6.07) is 13.2. The molecule has 1 N–H and O–H groups in total. The maximum atomic E-state index is 12.5. The number of aryl methyl sites for hydroxylation is 2. The Morgan fingerprint density at radius 1 is 1.19 bits per heavy atom. The molecule has 0 saturated carbocycles. The first-order valence-electron chi connectivity index (χ1n) is 8.13. The van der Waals surface area contributed by atoms with Crippen LogP contribution in [0.25, 0.3) is 21.0 Å². The fourth-order valence-electron chi connectivity index (χ4n) is 2.91. The van der Waals surface area contributed by atoms with Crippen molar-refractivity contribution >= 4 is 43.4 Å². The summed E-state index contributed by atoms with van der Waals surface area (Å²) < 4.78 is 2.30. The van der Waals surface area contributed by atoms with Crippen molar-refractivity contribution < 1.29 is 4.79 Å². The fourth-order valence-corrected chi connectivity index (χ4v) is 3.89. The number of nitrogens with one attached hydrogen (secondary N) is 1. The third-order valence-electron chi connectivity index (χ3n) is 4.15. The van der Waals surface area contributed by atoms with Gasteiger partial charge >= 0.3 is 0 Å². The van der Waals surface area contributed by atoms with Crippen molar-refractivity contribution in [2.24, 2.45) is 7.05 Å². The summed E-state index contributed by atoms with van der Waals surface area (Å²) in [7, 11) is 1.59. The number of hydrogen-bond donors (Lipinski definition) is 1. The Kier molecular flexibility index (Phi) is 4.00. The SMILES string of the molecule is Cc1ccc2nc(NC(=O)Cc3nn(C)c(=O)c4ccccc34)sc2c1. The molecule has 130 valence electrons. The topological polar surface area (TPSA) is 76.9 Å². The maximum absolute atomic E-state index is 12.5. The van der Waals surface area contributed by atoms with E-state index in [1.165, 1.54) is 16.0 Å². The van der Waals surface area contributed by atoms with Crippen LogP contribution in [-0.4, -0.2) is 20.7 Å². The highest BCUT2D eigenvalue weighted by Gasteiger charge is 2.14. The number of aromatic nitrogens is 3. The molecule has 2 aromatic carbocycles. The molecule has 0 unspecified atom stereocenters. The standard InChI is InChI=1S/C19H16N4O2S/c1-11-7-8-14-16(9-11)26-19(20-14)21-17(24)10-15-12-5-3-4-6-13(12)18(25)23(2)22-15/h3-9H,10H2,1-2H3,(H,20,21,24). The molecule has 0 fully saturated rings. The molecular weight excluding hydrogens is 348 g/mol. The Balaban J connectivity index is 1.63. The lowest BCUT2D eigenvalue weighted by Gasteiger charge is -2.07. The van der Waals surface area contributed by atoms with E-state index in [-0.39, 0.29) is 17.9 Å². The smallest absolute Gasteiger partial charge is 0.274 e. The van der Waals surface area contributed by atoms with Crippen molar-refractivity contribution in [3.05, 3.63) is 64.1 Å². The lowest BCUT2D eigenvalue weighted by Crippen LogP contribution is -2.24. The lowest BCUT2D eigenvalue weighted by molar-refractivity contribution is -0.115. The number of thiazole rings is 1. The van der Waals surface area contributed by atoms with Crippen LogP contribution in [0.1, 0.15) is 11.3 Å². The van der Waals surface area contributed by atoms with E-state index in [1.807, 2.05) is 37.3 Å². The average molecular weight is 364 g/mol. The molecule has 4 rings (SSSR count). The highest BCUT2D eigenvalue weighted by atomic mass is 32.1. The van der Waals surface area contributed by atoms with E-state index >= 15 is 0 Å². The molecular formula is C19H16N4O2S. The summed E-state index contributed by atoms with van der Waals surface area (Å²) in [5.74, 6) is -0.211. The van der Waals surface area contributed by atoms with Gasteiger partial charge in [-0.05, 0) is 30.7 Å². The van der Waals surface area contributed by atoms with Crippen LogP contribution in [0, 0.1) is 6.92 Å². The molecule has 26 heavy (non-hydrogen) atoms. The monoisotopic (exact) mass is 364 g/mol. The minimum Gasteiger partial charge on any atom is -0.302 e. The Morgan fingerprint density at radius 3 is 2.77 bits per heavy atom. The van der Waals surface area contributed by atoms with Crippen molar-refractivity contribution in [2.75, 3.05) is 5.32 Å². The summed E-state index contributed by atoms with van der Waals surface area (Å²) in [5.41, 5.74) is 2.41. The van der Waals surface area contributed by atoms with Gasteiger partial charge in [-0.2, -0.15) is 5.10 Å². The van der Waals surface area contributed by atoms with Gasteiger partial charge in [0.2, 0.25) is 5.91 Å². The molecule has 0 aliphatic heterocycles. The molecule has 0 aliphatic carbocycles. The van der Waals surface area contributed by atoms with Gasteiger partial charge in [-0.3, -0.25) is 9.59 Å². The van der Waals surface area contributed by atoms with Crippen LogP contribution in [0.4, 0.5) is 5.13 Å². The van der Waals surface area contributed by atoms with Crippen LogP contribution in [-0.2, 0) is 18.3 Å². The van der Waals surface area contributed by atoms with E-state index in [0.717, 1.165) is 15.8 Å². The van der Waals surface area contributed by atoms with E-state index in [0.29, 0.717) is 21.6 Å². The molecule has 0 bridgehead atoms. The van der Waals surface area contributed by atoms with Crippen LogP contribution in [0.3, 0.4) is 0 Å². The van der Waals surface area contributed by atoms with Crippen molar-refractivity contribution in [3.63, 3.8) is 0 Å². The first-order valence-corrected chi connectivity index (χ1v) is 8.95. The van der Waals surface area contributed by atoms with E-state index in [1.54, 1.807) is 19.2 Å². The number of anilines is 1. The third-order valence-corrected chi connectivity index (χ3v) is 5.08. The molecule has 2 heterocycles. The van der Waals surface area contributed by atoms with Gasteiger partial charge in [0.15, 0.2) is 5.13 Å². The summed E-state index contributed by atoms with van der Waals surface area (Å²) in [5, 5.41) is 8.92. The van der Waals surface area contributed by atoms with Gasteiger partial charge in [0, 0.05) is 12.4 Å². The van der Waals surface area contributed by atoms with Crippen molar-refractivity contribution in [1.82, 2.24) is 14.8 Å². The second-order valence-corrected chi connectivity index (χ2v) is 7.17. The Morgan fingerprint density at radius 2 is 1.96 bits per heavy atom. The second-order valence-electron chi connectivity index (χ2n) is 6.14. The van der Waals surface area contributed by atoms with Crippen LogP contribution in [0.5, 0.6) is 0 Å². The van der Waals surface area contributed by atoms with Gasteiger partial charge < -0.3 is 5.32 Å². The van der Waals surface area contributed by atoms with Crippen molar-refractivity contribution in [2.45, 2.75) is 13.3 Å². The summed E-state index contributed by atoms with van der Waals surface area (Å²) in [4.78, 5) is 29.1. The number of carbonyl (C=O) groups excluding carboxylic acids is 1. The average Bonchev–Trinajstić information content (AvgIpc) is 3.00. The minimum absolute atomic E-state index is 0.0730. The van der Waals surface area contributed by atoms with Gasteiger partial charge in [-0.25, -0.2) is 9.67 Å². The number of nitrogens with zero attached hydrogens (tertiary/aromatic N) is 3. The zero-order valence-corrected chi connectivity index (χ0v) is 15.1. The molecule has 7 heteroatoms. The Hall–Kier alpha value is -3.06. The number of rotatable bonds is 3. The normalized spacial score (nSPS) is 11.2. The molecule has 0 aliphatic rings. The zero-order chi connectivity index (χ0) is 18.3. The van der Waals surface area contributed by atoms with E-state index < -0.39 is 0 Å². The van der Waals surface area contributed by atoms with Crippen molar-refractivity contribution in [1.29, 1.82) is 0 Å². The highest BCUT2D eigenvalue weighted by Crippen LogP contribution is 2.26. The summed E-state index contributed by atoms with van der Waals surface area (Å²) >= 11 is 1.44. The second kappa shape index (κ2) is 6.34. The Labute approximate surface area is 153 Å². The van der Waals surface area contributed by atoms with E-state index in [4.69, 9.17) is 0 Å². The van der Waals surface area contributed by atoms with Gasteiger partial charge in [0.25, 0.3) is 5.56 Å². The fraction of sp³-hybridized carbons (Fsp3) is 0.158. The van der Waals surface area contributed by atoms with Crippen LogP contribution in [0.2, 0.25) is 0 Å². The predicted molar refractivity (Wildman–Crippen MR) is 104 cm³/mol. The first-order chi connectivity index (χ1) is 12.5. The quantitative estimate of drug-likeness (QED) is 0.606. The number of amides is 1. The molecule has 1 amide bonds. The number of carbonyl (C=O) groups is 1. The minimum atomic E-state index is -0.211. The first kappa shape index (κ1) is 16.4. The van der Waals surface area contributed by atoms with E-state index in [2.05, 4.69) is 15.4 Å². The third kappa shape index (κ3) is 2.97. The molecule has 4 aromatic rings.